The first kappa shape index (κ1) is 19.5. The summed E-state index contributed by atoms with van der Waals surface area (Å²) < 4.78 is 24.2. The van der Waals surface area contributed by atoms with Crippen LogP contribution in [0.5, 0.6) is 5.75 Å². The molecule has 1 aliphatic carbocycles. The van der Waals surface area contributed by atoms with Gasteiger partial charge >= 0.3 is 6.03 Å². The predicted molar refractivity (Wildman–Crippen MR) is 95.3 cm³/mol. The molecule has 25 heavy (non-hydrogen) atoms. The minimum absolute atomic E-state index is 0.150. The van der Waals surface area contributed by atoms with Gasteiger partial charge < -0.3 is 19.7 Å². The lowest BCUT2D eigenvalue weighted by molar-refractivity contribution is -0.00267. The van der Waals surface area contributed by atoms with Gasteiger partial charge in [0.05, 0.1) is 19.3 Å². The summed E-state index contributed by atoms with van der Waals surface area (Å²) in [5, 5.41) is 2.85. The third-order valence-corrected chi connectivity index (χ3v) is 4.60. The number of ether oxygens (including phenoxy) is 2. The molecule has 1 saturated carbocycles. The molecule has 2 rings (SSSR count). The van der Waals surface area contributed by atoms with Crippen molar-refractivity contribution in [2.75, 3.05) is 33.4 Å². The zero-order chi connectivity index (χ0) is 18.1. The second kappa shape index (κ2) is 10.2. The van der Waals surface area contributed by atoms with E-state index in [0.717, 1.165) is 6.42 Å². The van der Waals surface area contributed by atoms with E-state index in [1.807, 2.05) is 0 Å². The molecule has 1 aromatic rings. The van der Waals surface area contributed by atoms with Gasteiger partial charge in [0, 0.05) is 13.6 Å². The standard InChI is InChI=1S/C19H29FN2O3/c1-15-5-3-4-6-18(15)25-13-11-21-19(23)22(2)12-14-24-17-9-7-16(20)8-10-17/h7-10,15,18H,3-6,11-14H2,1-2H3,(H,21,23). The lowest BCUT2D eigenvalue weighted by Gasteiger charge is -2.28. The number of urea groups is 1. The number of amides is 2. The summed E-state index contributed by atoms with van der Waals surface area (Å²) in [7, 11) is 1.72. The highest BCUT2D eigenvalue weighted by atomic mass is 19.1. The van der Waals surface area contributed by atoms with Crippen LogP contribution in [-0.4, -0.2) is 50.4 Å². The number of halogens is 1. The van der Waals surface area contributed by atoms with Crippen LogP contribution in [0.1, 0.15) is 32.6 Å². The summed E-state index contributed by atoms with van der Waals surface area (Å²) >= 11 is 0. The number of nitrogens with one attached hydrogen (secondary N) is 1. The van der Waals surface area contributed by atoms with E-state index in [0.29, 0.717) is 44.1 Å². The molecule has 140 valence electrons. The zero-order valence-electron chi connectivity index (χ0n) is 15.2. The molecule has 2 amide bonds. The fourth-order valence-corrected chi connectivity index (χ4v) is 2.97. The summed E-state index contributed by atoms with van der Waals surface area (Å²) in [5.74, 6) is 0.898. The van der Waals surface area contributed by atoms with E-state index >= 15 is 0 Å². The van der Waals surface area contributed by atoms with Crippen LogP contribution >= 0.6 is 0 Å². The van der Waals surface area contributed by atoms with Gasteiger partial charge in [0.1, 0.15) is 18.2 Å². The van der Waals surface area contributed by atoms with Crippen LogP contribution in [0.15, 0.2) is 24.3 Å². The van der Waals surface area contributed by atoms with Gasteiger partial charge in [-0.05, 0) is 43.0 Å². The van der Waals surface area contributed by atoms with Crippen molar-refractivity contribution in [1.82, 2.24) is 10.2 Å². The lowest BCUT2D eigenvalue weighted by Crippen LogP contribution is -2.41. The number of carbonyl (C=O) groups excluding carboxylic acids is 1. The molecular weight excluding hydrogens is 323 g/mol. The minimum atomic E-state index is -0.298. The first-order valence-electron chi connectivity index (χ1n) is 9.05. The van der Waals surface area contributed by atoms with Crippen molar-refractivity contribution in [1.29, 1.82) is 0 Å². The molecule has 5 nitrogen and oxygen atoms in total. The molecular formula is C19H29FN2O3. The van der Waals surface area contributed by atoms with E-state index in [-0.39, 0.29) is 11.8 Å². The van der Waals surface area contributed by atoms with Crippen LogP contribution in [-0.2, 0) is 4.74 Å². The van der Waals surface area contributed by atoms with Gasteiger partial charge in [0.15, 0.2) is 0 Å². The molecule has 6 heteroatoms. The van der Waals surface area contributed by atoms with Crippen LogP contribution in [0, 0.1) is 11.7 Å². The summed E-state index contributed by atoms with van der Waals surface area (Å²) in [6, 6.07) is 5.68. The number of hydrogen-bond acceptors (Lipinski definition) is 3. The lowest BCUT2D eigenvalue weighted by atomic mass is 9.88. The molecule has 0 spiro atoms. The Bertz CT molecular complexity index is 524. The average molecular weight is 352 g/mol. The Hall–Kier alpha value is -1.82. The second-order valence-corrected chi connectivity index (χ2v) is 6.63. The van der Waals surface area contributed by atoms with Crippen molar-refractivity contribution in [3.8, 4) is 5.75 Å². The van der Waals surface area contributed by atoms with Crippen molar-refractivity contribution in [2.24, 2.45) is 5.92 Å². The van der Waals surface area contributed by atoms with E-state index in [1.54, 1.807) is 24.1 Å². The van der Waals surface area contributed by atoms with Crippen LogP contribution in [0.4, 0.5) is 9.18 Å². The van der Waals surface area contributed by atoms with Gasteiger partial charge in [-0.2, -0.15) is 0 Å². The fraction of sp³-hybridized carbons (Fsp3) is 0.632. The topological polar surface area (TPSA) is 50.8 Å². The van der Waals surface area contributed by atoms with Crippen LogP contribution in [0.25, 0.3) is 0 Å². The smallest absolute Gasteiger partial charge is 0.317 e. The number of hydrogen-bond donors (Lipinski definition) is 1. The van der Waals surface area contributed by atoms with Crippen LogP contribution < -0.4 is 10.1 Å². The summed E-state index contributed by atoms with van der Waals surface area (Å²) in [6.07, 6.45) is 5.21. The van der Waals surface area contributed by atoms with Crippen molar-refractivity contribution in [3.63, 3.8) is 0 Å². The van der Waals surface area contributed by atoms with Crippen LogP contribution in [0.3, 0.4) is 0 Å². The molecule has 0 aromatic heterocycles. The maximum atomic E-state index is 12.8. The molecule has 0 radical (unpaired) electrons. The minimum Gasteiger partial charge on any atom is -0.492 e. The van der Waals surface area contributed by atoms with E-state index < -0.39 is 0 Å². The molecule has 0 heterocycles. The molecule has 1 fully saturated rings. The highest BCUT2D eigenvalue weighted by Crippen LogP contribution is 2.25. The summed E-state index contributed by atoms with van der Waals surface area (Å²) in [4.78, 5) is 13.6. The van der Waals surface area contributed by atoms with Gasteiger partial charge in [-0.15, -0.1) is 0 Å². The quantitative estimate of drug-likeness (QED) is 0.729. The molecule has 0 saturated heterocycles. The molecule has 1 N–H and O–H groups in total. The Balaban J connectivity index is 1.56. The van der Waals surface area contributed by atoms with Gasteiger partial charge in [-0.3, -0.25) is 0 Å². The highest BCUT2D eigenvalue weighted by Gasteiger charge is 2.21. The molecule has 1 aromatic carbocycles. The first-order valence-corrected chi connectivity index (χ1v) is 9.05. The molecule has 0 bridgehead atoms. The van der Waals surface area contributed by atoms with Gasteiger partial charge in [0.2, 0.25) is 0 Å². The maximum Gasteiger partial charge on any atom is 0.317 e. The Kier molecular flexibility index (Phi) is 7.98. The summed E-state index contributed by atoms with van der Waals surface area (Å²) in [5.41, 5.74) is 0. The van der Waals surface area contributed by atoms with Gasteiger partial charge in [-0.25, -0.2) is 9.18 Å². The number of likely N-dealkylation sites (N-methyl/N-ethyl adjacent to an activating group) is 1. The van der Waals surface area contributed by atoms with Crippen molar-refractivity contribution < 1.29 is 18.7 Å². The number of rotatable bonds is 8. The molecule has 0 aliphatic heterocycles. The normalized spacial score (nSPS) is 20.1. The summed E-state index contributed by atoms with van der Waals surface area (Å²) in [6.45, 7) is 4.08. The van der Waals surface area contributed by atoms with Crippen LogP contribution in [0.2, 0.25) is 0 Å². The van der Waals surface area contributed by atoms with E-state index in [1.165, 1.54) is 31.4 Å². The van der Waals surface area contributed by atoms with E-state index in [9.17, 15) is 9.18 Å². The van der Waals surface area contributed by atoms with Gasteiger partial charge in [-0.1, -0.05) is 19.8 Å². The zero-order valence-corrected chi connectivity index (χ0v) is 15.2. The highest BCUT2D eigenvalue weighted by molar-refractivity contribution is 5.73. The van der Waals surface area contributed by atoms with Crippen molar-refractivity contribution in [2.45, 2.75) is 38.7 Å². The maximum absolute atomic E-state index is 12.8. The first-order chi connectivity index (χ1) is 12.1. The molecule has 1 aliphatic rings. The Morgan fingerprint density at radius 2 is 1.96 bits per heavy atom. The Morgan fingerprint density at radius 3 is 2.68 bits per heavy atom. The van der Waals surface area contributed by atoms with E-state index in [2.05, 4.69) is 12.2 Å². The number of carbonyl (C=O) groups is 1. The largest absolute Gasteiger partial charge is 0.492 e. The second-order valence-electron chi connectivity index (χ2n) is 6.63. The van der Waals surface area contributed by atoms with E-state index in [4.69, 9.17) is 9.47 Å². The Morgan fingerprint density at radius 1 is 1.24 bits per heavy atom. The fourth-order valence-electron chi connectivity index (χ4n) is 2.97. The SMILES string of the molecule is CC1CCCCC1OCCNC(=O)N(C)CCOc1ccc(F)cc1. The predicted octanol–water partition coefficient (Wildman–Crippen LogP) is 3.44. The van der Waals surface area contributed by atoms with Crippen molar-refractivity contribution >= 4 is 6.03 Å². The number of nitrogens with zero attached hydrogens (tertiary/aromatic N) is 1. The monoisotopic (exact) mass is 352 g/mol. The third-order valence-electron chi connectivity index (χ3n) is 4.60. The number of benzene rings is 1. The third kappa shape index (κ3) is 6.90. The average Bonchev–Trinajstić information content (AvgIpc) is 2.61. The van der Waals surface area contributed by atoms with Crippen molar-refractivity contribution in [3.05, 3.63) is 30.1 Å². The Labute approximate surface area is 149 Å². The molecule has 2 unspecified atom stereocenters. The van der Waals surface area contributed by atoms with Gasteiger partial charge in [0.25, 0.3) is 0 Å². The molecule has 2 atom stereocenters.